The number of nitrogens with zero attached hydrogens (tertiary/aromatic N) is 1. The van der Waals surface area contributed by atoms with Gasteiger partial charge >= 0.3 is 0 Å². The summed E-state index contributed by atoms with van der Waals surface area (Å²) in [5.74, 6) is 1.20. The predicted octanol–water partition coefficient (Wildman–Crippen LogP) is 2.56. The van der Waals surface area contributed by atoms with Gasteiger partial charge in [0, 0.05) is 13.1 Å². The Kier molecular flexibility index (Phi) is 4.31. The second-order valence-corrected chi connectivity index (χ2v) is 6.36. The van der Waals surface area contributed by atoms with Gasteiger partial charge in [-0.15, -0.1) is 0 Å². The Morgan fingerprint density at radius 1 is 1.33 bits per heavy atom. The second kappa shape index (κ2) is 5.60. The van der Waals surface area contributed by atoms with Crippen molar-refractivity contribution in [2.24, 2.45) is 5.92 Å². The van der Waals surface area contributed by atoms with Crippen molar-refractivity contribution in [1.82, 2.24) is 10.2 Å². The molecule has 1 N–H and O–H groups in total. The maximum Gasteiger partial charge on any atom is 0.242 e. The number of hydrogen-bond donors (Lipinski definition) is 1. The molecule has 2 aliphatic rings. The van der Waals surface area contributed by atoms with E-state index in [0.717, 1.165) is 25.3 Å². The van der Waals surface area contributed by atoms with Crippen LogP contribution in [0.15, 0.2) is 0 Å². The minimum absolute atomic E-state index is 0.295. The number of likely N-dealkylation sites (N-methyl/N-ethyl adjacent to an activating group) is 1. The van der Waals surface area contributed by atoms with Crippen LogP contribution in [0.25, 0.3) is 0 Å². The van der Waals surface area contributed by atoms with Crippen LogP contribution in [-0.2, 0) is 4.79 Å². The molecular formula is C15H28N2O. The molecule has 3 nitrogen and oxygen atoms in total. The number of nitrogens with one attached hydrogen (secondary N) is 1. The van der Waals surface area contributed by atoms with Crippen LogP contribution >= 0.6 is 0 Å². The molecule has 0 aromatic heterocycles. The summed E-state index contributed by atoms with van der Waals surface area (Å²) in [7, 11) is 2.00. The Balaban J connectivity index is 1.91. The van der Waals surface area contributed by atoms with Crippen molar-refractivity contribution in [1.29, 1.82) is 0 Å². The lowest BCUT2D eigenvalue weighted by atomic mass is 9.83. The third kappa shape index (κ3) is 2.71. The molecule has 1 aliphatic heterocycles. The summed E-state index contributed by atoms with van der Waals surface area (Å²) in [6, 6.07) is 0.472. The van der Waals surface area contributed by atoms with Crippen LogP contribution < -0.4 is 5.32 Å². The van der Waals surface area contributed by atoms with Crippen molar-refractivity contribution in [3.05, 3.63) is 0 Å². The van der Waals surface area contributed by atoms with Gasteiger partial charge in [0.15, 0.2) is 0 Å². The van der Waals surface area contributed by atoms with E-state index in [0.29, 0.717) is 11.9 Å². The van der Waals surface area contributed by atoms with Crippen LogP contribution in [0.4, 0.5) is 0 Å². The standard InChI is InChI=1S/C15H28N2O/c1-4-12-6-8-13(9-7-12)17(3)14(18)15(2)10-5-11-16-15/h12-13,16H,4-11H2,1-3H3. The van der Waals surface area contributed by atoms with E-state index in [1.165, 1.54) is 32.1 Å². The van der Waals surface area contributed by atoms with E-state index in [1.807, 2.05) is 11.9 Å². The summed E-state index contributed by atoms with van der Waals surface area (Å²) in [5, 5.41) is 3.38. The Bertz CT molecular complexity index is 289. The zero-order valence-corrected chi connectivity index (χ0v) is 12.2. The second-order valence-electron chi connectivity index (χ2n) is 6.36. The molecule has 0 aromatic carbocycles. The van der Waals surface area contributed by atoms with E-state index >= 15 is 0 Å². The molecule has 1 unspecified atom stereocenters. The summed E-state index contributed by atoms with van der Waals surface area (Å²) in [5.41, 5.74) is -0.295. The molecule has 1 heterocycles. The van der Waals surface area contributed by atoms with Crippen molar-refractivity contribution < 1.29 is 4.79 Å². The lowest BCUT2D eigenvalue weighted by Gasteiger charge is -2.38. The van der Waals surface area contributed by atoms with Gasteiger partial charge < -0.3 is 10.2 Å². The highest BCUT2D eigenvalue weighted by Crippen LogP contribution is 2.31. The highest BCUT2D eigenvalue weighted by Gasteiger charge is 2.40. The van der Waals surface area contributed by atoms with E-state index in [2.05, 4.69) is 19.2 Å². The molecule has 1 saturated heterocycles. The average molecular weight is 252 g/mol. The van der Waals surface area contributed by atoms with Gasteiger partial charge in [-0.2, -0.15) is 0 Å². The van der Waals surface area contributed by atoms with E-state index in [9.17, 15) is 4.79 Å². The monoisotopic (exact) mass is 252 g/mol. The third-order valence-corrected chi connectivity index (χ3v) is 5.10. The highest BCUT2D eigenvalue weighted by molar-refractivity contribution is 5.86. The van der Waals surface area contributed by atoms with Gasteiger partial charge in [0.1, 0.15) is 0 Å². The van der Waals surface area contributed by atoms with Crippen LogP contribution in [0.1, 0.15) is 58.8 Å². The fraction of sp³-hybridized carbons (Fsp3) is 0.933. The van der Waals surface area contributed by atoms with Crippen LogP contribution in [0.5, 0.6) is 0 Å². The molecule has 104 valence electrons. The molecule has 2 rings (SSSR count). The summed E-state index contributed by atoms with van der Waals surface area (Å²) >= 11 is 0. The maximum absolute atomic E-state index is 12.6. The number of carbonyl (C=O) groups excluding carboxylic acids is 1. The molecule has 0 spiro atoms. The first-order valence-corrected chi connectivity index (χ1v) is 7.59. The molecule has 18 heavy (non-hydrogen) atoms. The van der Waals surface area contributed by atoms with Crippen molar-refractivity contribution in [3.63, 3.8) is 0 Å². The Labute approximate surface area is 111 Å². The lowest BCUT2D eigenvalue weighted by molar-refractivity contribution is -0.138. The average Bonchev–Trinajstić information content (AvgIpc) is 2.85. The van der Waals surface area contributed by atoms with Gasteiger partial charge in [0.2, 0.25) is 5.91 Å². The molecular weight excluding hydrogens is 224 g/mol. The van der Waals surface area contributed by atoms with Gasteiger partial charge in [-0.25, -0.2) is 0 Å². The van der Waals surface area contributed by atoms with Crippen LogP contribution in [-0.4, -0.2) is 36.0 Å². The SMILES string of the molecule is CCC1CCC(N(C)C(=O)C2(C)CCCN2)CC1. The largest absolute Gasteiger partial charge is 0.341 e. The topological polar surface area (TPSA) is 32.3 Å². The third-order valence-electron chi connectivity index (χ3n) is 5.10. The molecule has 0 bridgehead atoms. The van der Waals surface area contributed by atoms with Crippen LogP contribution in [0.2, 0.25) is 0 Å². The molecule has 1 atom stereocenters. The van der Waals surface area contributed by atoms with Crippen molar-refractivity contribution in [2.75, 3.05) is 13.6 Å². The summed E-state index contributed by atoms with van der Waals surface area (Å²) < 4.78 is 0. The maximum atomic E-state index is 12.6. The number of amides is 1. The molecule has 1 saturated carbocycles. The van der Waals surface area contributed by atoms with Crippen molar-refractivity contribution >= 4 is 5.91 Å². The zero-order chi connectivity index (χ0) is 13.2. The first kappa shape index (κ1) is 13.9. The van der Waals surface area contributed by atoms with Crippen molar-refractivity contribution in [3.8, 4) is 0 Å². The molecule has 1 aliphatic carbocycles. The van der Waals surface area contributed by atoms with Gasteiger partial charge in [-0.05, 0) is 57.9 Å². The molecule has 3 heteroatoms. The molecule has 0 radical (unpaired) electrons. The van der Waals surface area contributed by atoms with Crippen LogP contribution in [0, 0.1) is 5.92 Å². The number of carbonyl (C=O) groups is 1. The van der Waals surface area contributed by atoms with E-state index in [-0.39, 0.29) is 5.54 Å². The first-order chi connectivity index (χ1) is 8.57. The first-order valence-electron chi connectivity index (χ1n) is 7.59. The van der Waals surface area contributed by atoms with Gasteiger partial charge in [0.05, 0.1) is 5.54 Å². The minimum Gasteiger partial charge on any atom is -0.341 e. The van der Waals surface area contributed by atoms with E-state index in [1.54, 1.807) is 0 Å². The highest BCUT2D eigenvalue weighted by atomic mass is 16.2. The number of rotatable bonds is 3. The normalized spacial score (nSPS) is 36.6. The Hall–Kier alpha value is -0.570. The fourth-order valence-corrected chi connectivity index (χ4v) is 3.57. The summed E-state index contributed by atoms with van der Waals surface area (Å²) in [6.45, 7) is 5.33. The van der Waals surface area contributed by atoms with Gasteiger partial charge in [0.25, 0.3) is 0 Å². The summed E-state index contributed by atoms with van der Waals surface area (Å²) in [6.07, 6.45) is 8.38. The Morgan fingerprint density at radius 3 is 2.50 bits per heavy atom. The Morgan fingerprint density at radius 2 is 2.00 bits per heavy atom. The van der Waals surface area contributed by atoms with Crippen LogP contribution in [0.3, 0.4) is 0 Å². The lowest BCUT2D eigenvalue weighted by Crippen LogP contribution is -2.54. The molecule has 2 fully saturated rings. The summed E-state index contributed by atoms with van der Waals surface area (Å²) in [4.78, 5) is 14.6. The minimum atomic E-state index is -0.295. The molecule has 0 aromatic rings. The quantitative estimate of drug-likeness (QED) is 0.837. The van der Waals surface area contributed by atoms with E-state index in [4.69, 9.17) is 0 Å². The van der Waals surface area contributed by atoms with Gasteiger partial charge in [-0.1, -0.05) is 13.3 Å². The van der Waals surface area contributed by atoms with Gasteiger partial charge in [-0.3, -0.25) is 4.79 Å². The number of hydrogen-bond acceptors (Lipinski definition) is 2. The fourth-order valence-electron chi connectivity index (χ4n) is 3.57. The van der Waals surface area contributed by atoms with Crippen molar-refractivity contribution in [2.45, 2.75) is 70.4 Å². The molecule has 1 amide bonds. The zero-order valence-electron chi connectivity index (χ0n) is 12.2. The predicted molar refractivity (Wildman–Crippen MR) is 74.4 cm³/mol. The smallest absolute Gasteiger partial charge is 0.242 e. The van der Waals surface area contributed by atoms with E-state index < -0.39 is 0 Å².